The zero-order valence-electron chi connectivity index (χ0n) is 27.3. The van der Waals surface area contributed by atoms with Gasteiger partial charge in [-0.2, -0.15) is 10.2 Å². The Balaban J connectivity index is 1.35. The minimum Gasteiger partial charge on any atom is -0.392 e. The Morgan fingerprint density at radius 3 is 2.58 bits per heavy atom. The zero-order chi connectivity index (χ0) is 33.4. The van der Waals surface area contributed by atoms with Gasteiger partial charge in [0.25, 0.3) is 0 Å². The number of pyridine rings is 1. The Morgan fingerprint density at radius 1 is 1.12 bits per heavy atom. The van der Waals surface area contributed by atoms with Crippen LogP contribution in [0.2, 0.25) is 0 Å². The van der Waals surface area contributed by atoms with Gasteiger partial charge in [0.05, 0.1) is 46.9 Å². The lowest BCUT2D eigenvalue weighted by atomic mass is 9.93. The van der Waals surface area contributed by atoms with E-state index in [1.54, 1.807) is 0 Å². The fraction of sp³-hybridized carbons (Fsp3) is 0.529. The standard InChI is InChI=1S/C34H39F2N9O2S/c1-17(46)10-43-13-19-4-5-20(14-43)45(19)33-27-23-16-47-15-22(23)25(29-26-21(8-37)32(38)48-31(26)24(35)9-39-29)28(36)30(27)40-34(41-33)44-7-6-18(12-44)11-42(2)3/h9,17-20,46H,4-7,10-16,38H2,1-3H3/t17-,18-,19?,20?/m1/s1. The van der Waals surface area contributed by atoms with Crippen molar-refractivity contribution in [2.45, 2.75) is 57.6 Å². The highest BCUT2D eigenvalue weighted by Crippen LogP contribution is 2.48. The lowest BCUT2D eigenvalue weighted by Gasteiger charge is -2.42. The number of aromatic nitrogens is 3. The summed E-state index contributed by atoms with van der Waals surface area (Å²) in [5.41, 5.74) is 8.15. The summed E-state index contributed by atoms with van der Waals surface area (Å²) in [6, 6.07) is 2.40. The SMILES string of the molecule is C[C@@H](O)CN1CC2CCC(C1)N2c1nc(N2CC[C@H](CN(C)C)C2)nc2c(F)c(-c3ncc(F)c4sc(N)c(C#N)c34)c3c(c12)COC3. The summed E-state index contributed by atoms with van der Waals surface area (Å²) in [5, 5.41) is 21.1. The third kappa shape index (κ3) is 5.06. The minimum absolute atomic E-state index is 0.0869. The topological polar surface area (TPSA) is 131 Å². The fourth-order valence-electron chi connectivity index (χ4n) is 8.50. The number of hydrogen-bond donors (Lipinski definition) is 2. The van der Waals surface area contributed by atoms with Gasteiger partial charge < -0.3 is 30.3 Å². The molecule has 0 aliphatic carbocycles. The molecule has 4 aromatic rings. The van der Waals surface area contributed by atoms with E-state index in [0.29, 0.717) is 29.4 Å². The number of nitrogens with zero attached hydrogens (tertiary/aromatic N) is 8. The molecule has 252 valence electrons. The molecule has 2 unspecified atom stereocenters. The summed E-state index contributed by atoms with van der Waals surface area (Å²) in [6.07, 6.45) is 3.58. The third-order valence-corrected chi connectivity index (χ3v) is 11.4. The molecule has 2 bridgehead atoms. The van der Waals surface area contributed by atoms with Crippen LogP contribution in [0.5, 0.6) is 0 Å². The Bertz CT molecular complexity index is 1960. The van der Waals surface area contributed by atoms with Gasteiger partial charge in [0.15, 0.2) is 11.6 Å². The number of anilines is 3. The van der Waals surface area contributed by atoms with E-state index in [1.165, 1.54) is 0 Å². The van der Waals surface area contributed by atoms with Gasteiger partial charge in [-0.25, -0.2) is 13.8 Å². The van der Waals surface area contributed by atoms with Crippen molar-refractivity contribution < 1.29 is 18.6 Å². The van der Waals surface area contributed by atoms with Gasteiger partial charge >= 0.3 is 0 Å². The van der Waals surface area contributed by atoms with E-state index in [9.17, 15) is 10.4 Å². The molecule has 11 nitrogen and oxygen atoms in total. The van der Waals surface area contributed by atoms with Crippen LogP contribution in [0.1, 0.15) is 42.9 Å². The van der Waals surface area contributed by atoms with Crippen molar-refractivity contribution in [3.8, 4) is 17.3 Å². The van der Waals surface area contributed by atoms with Crippen molar-refractivity contribution >= 4 is 49.1 Å². The van der Waals surface area contributed by atoms with Crippen LogP contribution in [0, 0.1) is 28.9 Å². The molecule has 48 heavy (non-hydrogen) atoms. The zero-order valence-corrected chi connectivity index (χ0v) is 28.2. The molecule has 0 amide bonds. The highest BCUT2D eigenvalue weighted by Gasteiger charge is 2.43. The summed E-state index contributed by atoms with van der Waals surface area (Å²) < 4.78 is 38.7. The molecule has 7 heterocycles. The van der Waals surface area contributed by atoms with Gasteiger partial charge in [0, 0.05) is 62.3 Å². The van der Waals surface area contributed by atoms with Crippen LogP contribution in [0.4, 0.5) is 25.5 Å². The van der Waals surface area contributed by atoms with Crippen LogP contribution >= 0.6 is 11.3 Å². The molecular formula is C34H39F2N9O2S. The van der Waals surface area contributed by atoms with Gasteiger partial charge in [0.1, 0.15) is 22.4 Å². The number of fused-ring (bicyclic) bond motifs is 6. The number of β-amino-alcohol motifs (C(OH)–C–C–N with tert-alkyl or cyclic N) is 1. The molecule has 4 atom stereocenters. The number of likely N-dealkylation sites (tertiary alicyclic amines) is 1. The molecule has 3 N–H and O–H groups in total. The lowest BCUT2D eigenvalue weighted by Crippen LogP contribution is -2.55. The van der Waals surface area contributed by atoms with Crippen LogP contribution in [0.3, 0.4) is 0 Å². The first-order valence-electron chi connectivity index (χ1n) is 16.6. The molecule has 1 aromatic carbocycles. The van der Waals surface area contributed by atoms with E-state index in [2.05, 4.69) is 44.7 Å². The van der Waals surface area contributed by atoms with Gasteiger partial charge in [-0.1, -0.05) is 0 Å². The van der Waals surface area contributed by atoms with Crippen molar-refractivity contribution in [2.24, 2.45) is 5.92 Å². The highest BCUT2D eigenvalue weighted by atomic mass is 32.1. The maximum atomic E-state index is 17.5. The average molecular weight is 676 g/mol. The number of hydrogen-bond acceptors (Lipinski definition) is 12. The van der Waals surface area contributed by atoms with Crippen LogP contribution < -0.4 is 15.5 Å². The van der Waals surface area contributed by atoms with Gasteiger partial charge in [-0.3, -0.25) is 9.88 Å². The molecular weight excluding hydrogens is 636 g/mol. The van der Waals surface area contributed by atoms with Crippen molar-refractivity contribution in [3.63, 3.8) is 0 Å². The van der Waals surface area contributed by atoms with Gasteiger partial charge in [-0.15, -0.1) is 11.3 Å². The first kappa shape index (κ1) is 31.5. The number of rotatable bonds is 7. The monoisotopic (exact) mass is 675 g/mol. The summed E-state index contributed by atoms with van der Waals surface area (Å²) in [4.78, 5) is 23.7. The maximum Gasteiger partial charge on any atom is 0.228 e. The first-order chi connectivity index (χ1) is 23.1. The Kier molecular flexibility index (Phi) is 7.88. The number of halogens is 2. The van der Waals surface area contributed by atoms with E-state index >= 15 is 8.78 Å². The van der Waals surface area contributed by atoms with E-state index in [-0.39, 0.29) is 62.7 Å². The number of benzene rings is 1. The number of aliphatic hydroxyl groups excluding tert-OH is 1. The van der Waals surface area contributed by atoms with Crippen molar-refractivity contribution in [2.75, 3.05) is 68.9 Å². The van der Waals surface area contributed by atoms with Gasteiger partial charge in [-0.05, 0) is 57.3 Å². The summed E-state index contributed by atoms with van der Waals surface area (Å²) >= 11 is 0.962. The van der Waals surface area contributed by atoms with E-state index in [0.717, 1.165) is 80.9 Å². The molecule has 3 fully saturated rings. The van der Waals surface area contributed by atoms with E-state index < -0.39 is 17.7 Å². The first-order valence-corrected chi connectivity index (χ1v) is 17.4. The number of nitrogen functional groups attached to an aromatic ring is 1. The number of nitrogens with two attached hydrogens (primary N) is 1. The molecule has 4 aliphatic rings. The second kappa shape index (κ2) is 12.0. The second-order valence-electron chi connectivity index (χ2n) is 14.0. The molecule has 4 aliphatic heterocycles. The largest absolute Gasteiger partial charge is 0.392 e. The number of piperazine rings is 1. The summed E-state index contributed by atoms with van der Waals surface area (Å²) in [5.74, 6) is 0.443. The number of thiophene rings is 1. The Labute approximate surface area is 281 Å². The predicted octanol–water partition coefficient (Wildman–Crippen LogP) is 4.09. The third-order valence-electron chi connectivity index (χ3n) is 10.3. The molecule has 0 saturated carbocycles. The molecule has 3 aromatic heterocycles. The van der Waals surface area contributed by atoms with Crippen LogP contribution in [0.15, 0.2) is 6.20 Å². The maximum absolute atomic E-state index is 17.5. The molecule has 14 heteroatoms. The van der Waals surface area contributed by atoms with E-state index in [1.807, 2.05) is 6.92 Å². The van der Waals surface area contributed by atoms with E-state index in [4.69, 9.17) is 20.4 Å². The number of ether oxygens (including phenoxy) is 1. The minimum atomic E-state index is -0.612. The number of aliphatic hydroxyl groups is 1. The molecule has 0 spiro atoms. The second-order valence-corrected chi connectivity index (χ2v) is 15.1. The smallest absolute Gasteiger partial charge is 0.228 e. The Hall–Kier alpha value is -3.74. The van der Waals surface area contributed by atoms with Crippen LogP contribution in [-0.4, -0.2) is 101 Å². The van der Waals surface area contributed by atoms with Crippen molar-refractivity contribution in [1.29, 1.82) is 5.26 Å². The summed E-state index contributed by atoms with van der Waals surface area (Å²) in [7, 11) is 4.14. The van der Waals surface area contributed by atoms with Crippen molar-refractivity contribution in [1.82, 2.24) is 24.8 Å². The van der Waals surface area contributed by atoms with Gasteiger partial charge in [0.2, 0.25) is 5.95 Å². The predicted molar refractivity (Wildman–Crippen MR) is 182 cm³/mol. The normalized spacial score (nSPS) is 23.2. The molecule has 0 radical (unpaired) electrons. The lowest BCUT2D eigenvalue weighted by molar-refractivity contribution is 0.111. The van der Waals surface area contributed by atoms with Crippen LogP contribution in [-0.2, 0) is 18.0 Å². The number of nitriles is 1. The average Bonchev–Trinajstić information content (AvgIpc) is 3.82. The highest BCUT2D eigenvalue weighted by molar-refractivity contribution is 7.23. The Morgan fingerprint density at radius 2 is 1.88 bits per heavy atom. The van der Waals surface area contributed by atoms with Crippen LogP contribution in [0.25, 0.3) is 32.2 Å². The van der Waals surface area contributed by atoms with Crippen molar-refractivity contribution in [3.05, 3.63) is 34.5 Å². The quantitative estimate of drug-likeness (QED) is 0.294. The molecule has 8 rings (SSSR count). The fourth-order valence-corrected chi connectivity index (χ4v) is 9.42. The summed E-state index contributed by atoms with van der Waals surface area (Å²) in [6.45, 7) is 6.82. The molecule has 3 saturated heterocycles.